The number of hydrogen-bond donors (Lipinski definition) is 0. The van der Waals surface area contributed by atoms with Crippen LogP contribution in [-0.2, 0) is 22.6 Å². The molecular weight excluding hydrogens is 328 g/mol. The number of ether oxygens (including phenoxy) is 1. The Morgan fingerprint density at radius 2 is 1.96 bits per heavy atom. The molecule has 1 atom stereocenters. The van der Waals surface area contributed by atoms with E-state index >= 15 is 0 Å². The molecule has 136 valence electrons. The number of hydrogen-bond acceptors (Lipinski definition) is 4. The van der Waals surface area contributed by atoms with E-state index in [1.54, 1.807) is 7.11 Å². The molecule has 1 amide bonds. The van der Waals surface area contributed by atoms with E-state index in [4.69, 9.17) is 9.57 Å². The van der Waals surface area contributed by atoms with Crippen molar-refractivity contribution in [3.8, 4) is 5.75 Å². The van der Waals surface area contributed by atoms with Crippen LogP contribution in [0.4, 0.5) is 0 Å². The van der Waals surface area contributed by atoms with Gasteiger partial charge in [0.1, 0.15) is 5.75 Å². The molecule has 0 fully saturated rings. The van der Waals surface area contributed by atoms with Gasteiger partial charge in [0.05, 0.1) is 12.8 Å². The Hall–Kier alpha value is -2.82. The third kappa shape index (κ3) is 4.42. The summed E-state index contributed by atoms with van der Waals surface area (Å²) in [5, 5.41) is 4.14. The van der Waals surface area contributed by atoms with Gasteiger partial charge in [-0.25, -0.2) is 0 Å². The van der Waals surface area contributed by atoms with Crippen molar-refractivity contribution in [2.45, 2.75) is 32.4 Å². The van der Waals surface area contributed by atoms with Crippen molar-refractivity contribution in [2.75, 3.05) is 13.7 Å². The van der Waals surface area contributed by atoms with E-state index < -0.39 is 6.10 Å². The molecule has 3 rings (SSSR count). The Kier molecular flexibility index (Phi) is 5.89. The van der Waals surface area contributed by atoms with Crippen LogP contribution in [0.25, 0.3) is 0 Å². The molecule has 5 heteroatoms. The van der Waals surface area contributed by atoms with Gasteiger partial charge in [-0.3, -0.25) is 4.79 Å². The van der Waals surface area contributed by atoms with Gasteiger partial charge >= 0.3 is 0 Å². The molecule has 1 aliphatic heterocycles. The van der Waals surface area contributed by atoms with E-state index in [0.29, 0.717) is 25.9 Å². The van der Waals surface area contributed by atoms with Crippen molar-refractivity contribution in [3.05, 3.63) is 65.7 Å². The lowest BCUT2D eigenvalue weighted by Crippen LogP contribution is -2.38. The van der Waals surface area contributed by atoms with Crippen LogP contribution in [0.5, 0.6) is 5.75 Å². The molecule has 1 heterocycles. The van der Waals surface area contributed by atoms with Gasteiger partial charge in [-0.1, -0.05) is 47.6 Å². The summed E-state index contributed by atoms with van der Waals surface area (Å²) in [4.78, 5) is 20.0. The molecule has 2 aromatic carbocycles. The molecule has 0 radical (unpaired) electrons. The van der Waals surface area contributed by atoms with Crippen LogP contribution in [0.1, 0.15) is 24.5 Å². The summed E-state index contributed by atoms with van der Waals surface area (Å²) in [5.74, 6) is 0.801. The quantitative estimate of drug-likeness (QED) is 0.767. The molecular formula is C21H24N2O3. The lowest BCUT2D eigenvalue weighted by molar-refractivity contribution is -0.142. The predicted molar refractivity (Wildman–Crippen MR) is 101 cm³/mol. The second kappa shape index (κ2) is 8.52. The summed E-state index contributed by atoms with van der Waals surface area (Å²) in [5.41, 5.74) is 3.09. The number of nitrogens with zero attached hydrogens (tertiary/aromatic N) is 2. The van der Waals surface area contributed by atoms with Crippen molar-refractivity contribution in [2.24, 2.45) is 5.16 Å². The Labute approximate surface area is 154 Å². The molecule has 26 heavy (non-hydrogen) atoms. The van der Waals surface area contributed by atoms with Crippen molar-refractivity contribution in [1.29, 1.82) is 0 Å². The number of carbonyl (C=O) groups is 1. The van der Waals surface area contributed by atoms with Crippen molar-refractivity contribution in [3.63, 3.8) is 0 Å². The van der Waals surface area contributed by atoms with Gasteiger partial charge in [0.25, 0.3) is 5.91 Å². The predicted octanol–water partition coefficient (Wildman–Crippen LogP) is 3.43. The number of likely N-dealkylation sites (N-methyl/N-ethyl adjacent to an activating group) is 1. The van der Waals surface area contributed by atoms with Crippen molar-refractivity contribution >= 4 is 11.6 Å². The lowest BCUT2D eigenvalue weighted by atomic mass is 10.0. The van der Waals surface area contributed by atoms with Gasteiger partial charge in [0.2, 0.25) is 6.10 Å². The maximum atomic E-state index is 12.8. The summed E-state index contributed by atoms with van der Waals surface area (Å²) in [6.07, 6.45) is 0.659. The van der Waals surface area contributed by atoms with Crippen LogP contribution in [0, 0.1) is 0 Å². The van der Waals surface area contributed by atoms with Crippen LogP contribution in [0.15, 0.2) is 59.8 Å². The monoisotopic (exact) mass is 352 g/mol. The van der Waals surface area contributed by atoms with Crippen molar-refractivity contribution in [1.82, 2.24) is 4.90 Å². The summed E-state index contributed by atoms with van der Waals surface area (Å²) < 4.78 is 5.25. The molecule has 1 unspecified atom stereocenters. The zero-order valence-electron chi connectivity index (χ0n) is 15.2. The van der Waals surface area contributed by atoms with Gasteiger partial charge in [-0.15, -0.1) is 0 Å². The van der Waals surface area contributed by atoms with E-state index in [-0.39, 0.29) is 5.91 Å². The van der Waals surface area contributed by atoms with E-state index in [9.17, 15) is 4.79 Å². The minimum Gasteiger partial charge on any atom is -0.497 e. The highest BCUT2D eigenvalue weighted by atomic mass is 16.6. The highest BCUT2D eigenvalue weighted by Crippen LogP contribution is 2.20. The number of methoxy groups -OCH3 is 1. The third-order valence-electron chi connectivity index (χ3n) is 4.46. The molecule has 1 aliphatic rings. The highest BCUT2D eigenvalue weighted by Gasteiger charge is 2.31. The maximum Gasteiger partial charge on any atom is 0.267 e. The average Bonchev–Trinajstić information content (AvgIpc) is 3.15. The first kappa shape index (κ1) is 18.0. The van der Waals surface area contributed by atoms with Gasteiger partial charge in [0, 0.05) is 25.9 Å². The van der Waals surface area contributed by atoms with Crippen LogP contribution in [-0.4, -0.2) is 36.3 Å². The first-order valence-electron chi connectivity index (χ1n) is 8.86. The molecule has 0 saturated carbocycles. The zero-order valence-corrected chi connectivity index (χ0v) is 15.2. The van der Waals surface area contributed by atoms with Gasteiger partial charge in [-0.2, -0.15) is 0 Å². The fourth-order valence-electron chi connectivity index (χ4n) is 3.03. The molecule has 0 spiro atoms. The smallest absolute Gasteiger partial charge is 0.267 e. The summed E-state index contributed by atoms with van der Waals surface area (Å²) in [7, 11) is 1.65. The van der Waals surface area contributed by atoms with E-state index in [1.807, 2.05) is 66.4 Å². The number of benzene rings is 2. The Bertz CT molecular complexity index is 774. The van der Waals surface area contributed by atoms with Gasteiger partial charge in [-0.05, 0) is 30.2 Å². The average molecular weight is 352 g/mol. The van der Waals surface area contributed by atoms with Crippen LogP contribution < -0.4 is 4.74 Å². The topological polar surface area (TPSA) is 51.1 Å². The van der Waals surface area contributed by atoms with Crippen molar-refractivity contribution < 1.29 is 14.4 Å². The largest absolute Gasteiger partial charge is 0.497 e. The first-order chi connectivity index (χ1) is 12.7. The molecule has 0 bridgehead atoms. The van der Waals surface area contributed by atoms with Crippen LogP contribution >= 0.6 is 0 Å². The number of rotatable bonds is 7. The maximum absolute atomic E-state index is 12.8. The summed E-state index contributed by atoms with van der Waals surface area (Å²) in [6, 6.07) is 17.8. The van der Waals surface area contributed by atoms with E-state index in [2.05, 4.69) is 5.16 Å². The van der Waals surface area contributed by atoms with Gasteiger partial charge in [0.15, 0.2) is 0 Å². The Balaban J connectivity index is 1.58. The molecule has 0 aromatic heterocycles. The minimum atomic E-state index is -0.528. The zero-order chi connectivity index (χ0) is 18.4. The minimum absolute atomic E-state index is 0.0132. The van der Waals surface area contributed by atoms with Crippen LogP contribution in [0.3, 0.4) is 0 Å². The third-order valence-corrected chi connectivity index (χ3v) is 4.46. The standard InChI is InChI=1S/C21H24N2O3/c1-3-23(15-16-8-5-4-6-9-16)21(24)20-14-18(22-26-20)12-17-10-7-11-19(13-17)25-2/h4-11,13,20H,3,12,14-15H2,1-2H3. The molecule has 0 N–H and O–H groups in total. The van der Waals surface area contributed by atoms with E-state index in [0.717, 1.165) is 22.6 Å². The summed E-state index contributed by atoms with van der Waals surface area (Å²) in [6.45, 7) is 3.20. The second-order valence-electron chi connectivity index (χ2n) is 6.32. The van der Waals surface area contributed by atoms with E-state index in [1.165, 1.54) is 0 Å². The molecule has 0 saturated heterocycles. The first-order valence-corrected chi connectivity index (χ1v) is 8.86. The normalized spacial score (nSPS) is 15.9. The molecule has 2 aromatic rings. The Morgan fingerprint density at radius 3 is 2.69 bits per heavy atom. The van der Waals surface area contributed by atoms with Gasteiger partial charge < -0.3 is 14.5 Å². The number of oxime groups is 1. The molecule has 5 nitrogen and oxygen atoms in total. The summed E-state index contributed by atoms with van der Waals surface area (Å²) >= 11 is 0. The fourth-order valence-corrected chi connectivity index (χ4v) is 3.03. The number of amides is 1. The number of carbonyl (C=O) groups excluding carboxylic acids is 1. The second-order valence-corrected chi connectivity index (χ2v) is 6.32. The fraction of sp³-hybridized carbons (Fsp3) is 0.333. The van der Waals surface area contributed by atoms with Crippen LogP contribution in [0.2, 0.25) is 0 Å². The highest BCUT2D eigenvalue weighted by molar-refractivity contribution is 5.94. The SMILES string of the molecule is CCN(Cc1ccccc1)C(=O)C1CC(Cc2cccc(OC)c2)=NO1. The Morgan fingerprint density at radius 1 is 1.19 bits per heavy atom. The lowest BCUT2D eigenvalue weighted by Gasteiger charge is -2.23. The molecule has 0 aliphatic carbocycles.